The predicted molar refractivity (Wildman–Crippen MR) is 62.1 cm³/mol. The molecule has 0 bridgehead atoms. The Kier molecular flexibility index (Phi) is 7.06. The van der Waals surface area contributed by atoms with Crippen LogP contribution in [0.4, 0.5) is 35.1 Å². The lowest BCUT2D eigenvalue weighted by atomic mass is 10.1. The van der Waals surface area contributed by atoms with Crippen LogP contribution in [0, 0.1) is 0 Å². The van der Waals surface area contributed by atoms with Gasteiger partial charge in [-0.05, 0) is 0 Å². The molecule has 1 N–H and O–H groups in total. The van der Waals surface area contributed by atoms with E-state index in [1.54, 1.807) is 0 Å². The average molecular weight is 382 g/mol. The van der Waals surface area contributed by atoms with Gasteiger partial charge in [-0.2, -0.15) is 35.1 Å². The third kappa shape index (κ3) is 5.84. The number of hydrogen-bond donors (Lipinski definition) is 1. The Morgan fingerprint density at radius 2 is 1.00 bits per heavy atom. The largest absolute Gasteiger partial charge is 0.472 e. The third-order valence-corrected chi connectivity index (χ3v) is 3.69. The van der Waals surface area contributed by atoms with Crippen molar-refractivity contribution in [1.82, 2.24) is 0 Å². The molecule has 0 fully saturated rings. The first kappa shape index (κ1) is 22.6. The second kappa shape index (κ2) is 7.20. The van der Waals surface area contributed by atoms with Crippen molar-refractivity contribution in [2.75, 3.05) is 13.2 Å². The van der Waals surface area contributed by atoms with Crippen LogP contribution in [0.25, 0.3) is 0 Å². The van der Waals surface area contributed by atoms with E-state index >= 15 is 0 Å². The molecule has 4 nitrogen and oxygen atoms in total. The summed E-state index contributed by atoms with van der Waals surface area (Å²) in [5, 5.41) is 0. The maximum absolute atomic E-state index is 13.0. The highest BCUT2D eigenvalue weighted by Gasteiger charge is 2.57. The molecule has 13 heteroatoms. The monoisotopic (exact) mass is 382 g/mol. The van der Waals surface area contributed by atoms with Crippen LogP contribution in [-0.4, -0.2) is 41.8 Å². The molecule has 0 amide bonds. The quantitative estimate of drug-likeness (QED) is 0.447. The first-order valence-corrected chi connectivity index (χ1v) is 7.66. The zero-order chi connectivity index (χ0) is 18.7. The summed E-state index contributed by atoms with van der Waals surface area (Å²) in [6.45, 7) is -3.23. The summed E-state index contributed by atoms with van der Waals surface area (Å²) in [5.74, 6) is -19.0. The molecular formula is C10H15F8O4P. The molecule has 0 atom stereocenters. The molecule has 0 rings (SSSR count). The van der Waals surface area contributed by atoms with Gasteiger partial charge in [0.15, 0.2) is 0 Å². The van der Waals surface area contributed by atoms with Gasteiger partial charge in [0.05, 0.1) is 0 Å². The van der Waals surface area contributed by atoms with E-state index < -0.39 is 57.6 Å². The standard InChI is InChI=1S/C10H15F8O4P/c1-3-7(11,12)9(15,16)5-21-23(19,20)22-6-10(17,18)8(13,14)4-2/h3-6H2,1-2H3,(H,19,20). The van der Waals surface area contributed by atoms with Crippen molar-refractivity contribution in [3.8, 4) is 0 Å². The molecule has 0 aliphatic carbocycles. The molecule has 0 radical (unpaired) electrons. The molecule has 0 saturated carbocycles. The van der Waals surface area contributed by atoms with Gasteiger partial charge in [0.1, 0.15) is 13.2 Å². The van der Waals surface area contributed by atoms with Crippen molar-refractivity contribution in [1.29, 1.82) is 0 Å². The normalized spacial score (nSPS) is 15.1. The van der Waals surface area contributed by atoms with Crippen LogP contribution in [-0.2, 0) is 13.6 Å². The first-order valence-electron chi connectivity index (χ1n) is 6.17. The molecule has 0 aromatic heterocycles. The minimum atomic E-state index is -5.67. The number of alkyl halides is 8. The minimum Gasteiger partial charge on any atom is -0.302 e. The average Bonchev–Trinajstić information content (AvgIpc) is 2.43. The van der Waals surface area contributed by atoms with Gasteiger partial charge < -0.3 is 4.89 Å². The Hall–Kier alpha value is -0.450. The smallest absolute Gasteiger partial charge is 0.302 e. The van der Waals surface area contributed by atoms with E-state index in [4.69, 9.17) is 4.89 Å². The lowest BCUT2D eigenvalue weighted by Crippen LogP contribution is -2.44. The second-order valence-corrected chi connectivity index (χ2v) is 5.99. The molecule has 23 heavy (non-hydrogen) atoms. The molecule has 0 aliphatic heterocycles. The highest BCUT2D eigenvalue weighted by atomic mass is 31.2. The van der Waals surface area contributed by atoms with Crippen LogP contribution in [0.15, 0.2) is 0 Å². The summed E-state index contributed by atoms with van der Waals surface area (Å²) in [7, 11) is -5.67. The molecule has 0 heterocycles. The fourth-order valence-corrected chi connectivity index (χ4v) is 1.82. The molecule has 0 aromatic rings. The van der Waals surface area contributed by atoms with Gasteiger partial charge >= 0.3 is 31.5 Å². The van der Waals surface area contributed by atoms with E-state index in [0.717, 1.165) is 0 Å². The third-order valence-electron chi connectivity index (χ3n) is 2.78. The molecule has 0 aromatic carbocycles. The minimum absolute atomic E-state index is 0.705. The zero-order valence-electron chi connectivity index (χ0n) is 12.0. The van der Waals surface area contributed by atoms with Crippen molar-refractivity contribution in [3.05, 3.63) is 0 Å². The van der Waals surface area contributed by atoms with Crippen LogP contribution in [0.2, 0.25) is 0 Å². The van der Waals surface area contributed by atoms with Crippen LogP contribution in [0.1, 0.15) is 26.7 Å². The Morgan fingerprint density at radius 1 is 0.739 bits per heavy atom. The van der Waals surface area contributed by atoms with Gasteiger partial charge in [-0.25, -0.2) is 4.57 Å². The topological polar surface area (TPSA) is 55.8 Å². The summed E-state index contributed by atoms with van der Waals surface area (Å²) in [4.78, 5) is 8.87. The summed E-state index contributed by atoms with van der Waals surface area (Å²) in [5.41, 5.74) is 0. The number of hydrogen-bond acceptors (Lipinski definition) is 3. The Morgan fingerprint density at radius 3 is 1.22 bits per heavy atom. The van der Waals surface area contributed by atoms with Crippen LogP contribution >= 0.6 is 7.82 Å². The molecule has 0 spiro atoms. The highest BCUT2D eigenvalue weighted by Crippen LogP contribution is 2.49. The van der Waals surface area contributed by atoms with Gasteiger partial charge in [-0.15, -0.1) is 0 Å². The SMILES string of the molecule is CCC(F)(F)C(F)(F)COP(=O)(O)OCC(F)(F)C(F)(F)CC. The van der Waals surface area contributed by atoms with Crippen molar-refractivity contribution in [2.24, 2.45) is 0 Å². The van der Waals surface area contributed by atoms with Crippen molar-refractivity contribution < 1.29 is 53.6 Å². The lowest BCUT2D eigenvalue weighted by Gasteiger charge is -2.27. The zero-order valence-corrected chi connectivity index (χ0v) is 12.9. The molecular weight excluding hydrogens is 367 g/mol. The summed E-state index contributed by atoms with van der Waals surface area (Å²) < 4.78 is 121. The fraction of sp³-hybridized carbons (Fsp3) is 1.00. The predicted octanol–water partition coefficient (Wildman–Crippen LogP) is 4.48. The van der Waals surface area contributed by atoms with Crippen molar-refractivity contribution >= 4 is 7.82 Å². The Labute approximate surface area is 126 Å². The Bertz CT molecular complexity index is 407. The molecule has 0 unspecified atom stereocenters. The van der Waals surface area contributed by atoms with Gasteiger partial charge in [0, 0.05) is 12.8 Å². The fourth-order valence-electron chi connectivity index (χ4n) is 1.09. The van der Waals surface area contributed by atoms with Crippen molar-refractivity contribution in [3.63, 3.8) is 0 Å². The second-order valence-electron chi connectivity index (χ2n) is 4.54. The lowest BCUT2D eigenvalue weighted by molar-refractivity contribution is -0.230. The van der Waals surface area contributed by atoms with E-state index in [1.807, 2.05) is 0 Å². The molecule has 140 valence electrons. The molecule has 0 saturated heterocycles. The van der Waals surface area contributed by atoms with Crippen LogP contribution < -0.4 is 0 Å². The molecule has 0 aliphatic rings. The van der Waals surface area contributed by atoms with E-state index in [9.17, 15) is 39.7 Å². The van der Waals surface area contributed by atoms with Gasteiger partial charge in [0.25, 0.3) is 0 Å². The van der Waals surface area contributed by atoms with E-state index in [1.165, 1.54) is 0 Å². The Balaban J connectivity index is 4.78. The first-order chi connectivity index (χ1) is 10.0. The van der Waals surface area contributed by atoms with Gasteiger partial charge in [0.2, 0.25) is 0 Å². The van der Waals surface area contributed by atoms with Gasteiger partial charge in [-0.1, -0.05) is 13.8 Å². The van der Waals surface area contributed by atoms with Gasteiger partial charge in [-0.3, -0.25) is 9.05 Å². The number of phosphoric acid groups is 1. The van der Waals surface area contributed by atoms with Crippen LogP contribution in [0.3, 0.4) is 0 Å². The number of rotatable bonds is 10. The highest BCUT2D eigenvalue weighted by molar-refractivity contribution is 7.47. The summed E-state index contributed by atoms with van der Waals surface area (Å²) >= 11 is 0. The summed E-state index contributed by atoms with van der Waals surface area (Å²) in [6.07, 6.45) is -2.67. The van der Waals surface area contributed by atoms with E-state index in [2.05, 4.69) is 9.05 Å². The van der Waals surface area contributed by atoms with Crippen LogP contribution in [0.5, 0.6) is 0 Å². The summed E-state index contributed by atoms with van der Waals surface area (Å²) in [6, 6.07) is 0. The van der Waals surface area contributed by atoms with E-state index in [-0.39, 0.29) is 0 Å². The number of halogens is 8. The maximum Gasteiger partial charge on any atom is 0.472 e. The maximum atomic E-state index is 13.0. The number of phosphoric ester groups is 1. The van der Waals surface area contributed by atoms with E-state index in [0.29, 0.717) is 13.8 Å². The van der Waals surface area contributed by atoms with Crippen molar-refractivity contribution in [2.45, 2.75) is 50.4 Å².